The van der Waals surface area contributed by atoms with Crippen molar-refractivity contribution in [3.63, 3.8) is 0 Å². The molecule has 0 bridgehead atoms. The van der Waals surface area contributed by atoms with Crippen molar-refractivity contribution in [2.75, 3.05) is 32.7 Å². The summed E-state index contributed by atoms with van der Waals surface area (Å²) in [5, 5.41) is 11.1. The SMILES string of the molecule is Nc1cccc(C(=O)Nc2cccc(NC(=O)c3cccc(C(=O)Nc4cccc(NC(=O)c5cccc(N)c5)c4)c3)c2)c1. The summed E-state index contributed by atoms with van der Waals surface area (Å²) < 4.78 is 0. The molecule has 10 nitrogen and oxygen atoms in total. The first-order valence-electron chi connectivity index (χ1n) is 13.5. The zero-order valence-corrected chi connectivity index (χ0v) is 23.3. The topological polar surface area (TPSA) is 168 Å². The van der Waals surface area contributed by atoms with Gasteiger partial charge in [-0.25, -0.2) is 0 Å². The normalized spacial score (nSPS) is 10.4. The lowest BCUT2D eigenvalue weighted by atomic mass is 10.1. The molecule has 5 rings (SSSR count). The Kier molecular flexibility index (Phi) is 8.62. The fourth-order valence-electron chi connectivity index (χ4n) is 4.32. The van der Waals surface area contributed by atoms with Crippen molar-refractivity contribution < 1.29 is 19.2 Å². The van der Waals surface area contributed by atoms with Gasteiger partial charge in [-0.15, -0.1) is 0 Å². The second-order valence-electron chi connectivity index (χ2n) is 9.81. The predicted molar refractivity (Wildman–Crippen MR) is 173 cm³/mol. The van der Waals surface area contributed by atoms with Gasteiger partial charge in [-0.3, -0.25) is 19.2 Å². The molecule has 0 atom stereocenters. The lowest BCUT2D eigenvalue weighted by Gasteiger charge is -2.11. The summed E-state index contributed by atoms with van der Waals surface area (Å²) in [6.45, 7) is 0. The Balaban J connectivity index is 1.22. The van der Waals surface area contributed by atoms with E-state index in [1.807, 2.05) is 0 Å². The van der Waals surface area contributed by atoms with Gasteiger partial charge in [0, 0.05) is 56.4 Å². The highest BCUT2D eigenvalue weighted by atomic mass is 16.2. The summed E-state index contributed by atoms with van der Waals surface area (Å²) in [5.41, 5.74) is 15.7. The van der Waals surface area contributed by atoms with Crippen LogP contribution in [-0.2, 0) is 0 Å². The first-order valence-corrected chi connectivity index (χ1v) is 13.5. The summed E-state index contributed by atoms with van der Waals surface area (Å²) in [4.78, 5) is 51.2. The number of nitrogens with one attached hydrogen (secondary N) is 4. The average Bonchev–Trinajstić information content (AvgIpc) is 3.01. The zero-order valence-electron chi connectivity index (χ0n) is 23.3. The minimum absolute atomic E-state index is 0.259. The number of amides is 4. The third-order valence-corrected chi connectivity index (χ3v) is 6.44. The largest absolute Gasteiger partial charge is 0.399 e. The number of hydrogen-bond donors (Lipinski definition) is 6. The lowest BCUT2D eigenvalue weighted by Crippen LogP contribution is -2.16. The van der Waals surface area contributed by atoms with Gasteiger partial charge in [0.15, 0.2) is 0 Å². The van der Waals surface area contributed by atoms with Crippen molar-refractivity contribution in [2.45, 2.75) is 0 Å². The second kappa shape index (κ2) is 13.0. The van der Waals surface area contributed by atoms with E-state index >= 15 is 0 Å². The molecule has 0 spiro atoms. The third kappa shape index (κ3) is 7.45. The molecule has 0 fully saturated rings. The number of anilines is 6. The van der Waals surface area contributed by atoms with Crippen LogP contribution in [0.4, 0.5) is 34.1 Å². The van der Waals surface area contributed by atoms with Gasteiger partial charge in [0.05, 0.1) is 0 Å². The maximum atomic E-state index is 13.0. The molecule has 10 heteroatoms. The number of rotatable bonds is 8. The molecular weight excluding hydrogens is 556 g/mol. The fraction of sp³-hybridized carbons (Fsp3) is 0. The van der Waals surface area contributed by atoms with Gasteiger partial charge in [-0.05, 0) is 91.0 Å². The monoisotopic (exact) mass is 584 g/mol. The van der Waals surface area contributed by atoms with Crippen molar-refractivity contribution in [1.29, 1.82) is 0 Å². The Bertz CT molecular complexity index is 1760. The number of hydrogen-bond acceptors (Lipinski definition) is 6. The van der Waals surface area contributed by atoms with Gasteiger partial charge in [0.1, 0.15) is 0 Å². The minimum Gasteiger partial charge on any atom is -0.399 e. The zero-order chi connectivity index (χ0) is 31.1. The van der Waals surface area contributed by atoms with Gasteiger partial charge >= 0.3 is 0 Å². The Morgan fingerprint density at radius 3 is 0.955 bits per heavy atom. The standard InChI is InChI=1S/C34H28N6O4/c35-25-10-2-8-23(17-25)33(43)39-29-14-4-12-27(19-29)37-31(41)21-6-1-7-22(16-21)32(42)38-28-13-5-15-30(20-28)40-34(44)24-9-3-11-26(36)18-24/h1-20H,35-36H2,(H,37,41)(H,38,42)(H,39,43)(H,40,44). The average molecular weight is 585 g/mol. The van der Waals surface area contributed by atoms with E-state index in [4.69, 9.17) is 11.5 Å². The van der Waals surface area contributed by atoms with E-state index < -0.39 is 11.8 Å². The van der Waals surface area contributed by atoms with Crippen LogP contribution in [0.25, 0.3) is 0 Å². The molecular formula is C34H28N6O4. The lowest BCUT2D eigenvalue weighted by molar-refractivity contribution is 0.101. The molecule has 218 valence electrons. The highest BCUT2D eigenvalue weighted by Crippen LogP contribution is 2.20. The number of nitrogen functional groups attached to an aromatic ring is 2. The Morgan fingerprint density at radius 1 is 0.364 bits per heavy atom. The van der Waals surface area contributed by atoms with Crippen LogP contribution in [0, 0.1) is 0 Å². The number of carbonyl (C=O) groups excluding carboxylic acids is 4. The molecule has 0 saturated carbocycles. The highest BCUT2D eigenvalue weighted by Gasteiger charge is 2.13. The van der Waals surface area contributed by atoms with E-state index in [0.717, 1.165) is 0 Å². The predicted octanol–water partition coefficient (Wildman–Crippen LogP) is 5.86. The summed E-state index contributed by atoms with van der Waals surface area (Å²) in [6, 6.07) is 32.9. The second-order valence-corrected chi connectivity index (χ2v) is 9.81. The smallest absolute Gasteiger partial charge is 0.255 e. The van der Waals surface area contributed by atoms with E-state index in [2.05, 4.69) is 21.3 Å². The number of nitrogens with two attached hydrogens (primary N) is 2. The van der Waals surface area contributed by atoms with E-state index in [-0.39, 0.29) is 22.9 Å². The first kappa shape index (κ1) is 29.1. The maximum Gasteiger partial charge on any atom is 0.255 e. The molecule has 5 aromatic carbocycles. The molecule has 0 aliphatic rings. The molecule has 0 aliphatic carbocycles. The van der Waals surface area contributed by atoms with Crippen LogP contribution in [0.15, 0.2) is 121 Å². The van der Waals surface area contributed by atoms with Gasteiger partial charge in [0.25, 0.3) is 23.6 Å². The van der Waals surface area contributed by atoms with Crippen LogP contribution in [0.3, 0.4) is 0 Å². The van der Waals surface area contributed by atoms with Gasteiger partial charge in [0.2, 0.25) is 0 Å². The molecule has 4 amide bonds. The van der Waals surface area contributed by atoms with Crippen LogP contribution >= 0.6 is 0 Å². The quantitative estimate of drug-likeness (QED) is 0.125. The van der Waals surface area contributed by atoms with Gasteiger partial charge in [-0.2, -0.15) is 0 Å². The van der Waals surface area contributed by atoms with E-state index in [1.54, 1.807) is 115 Å². The Hall–Kier alpha value is -6.42. The van der Waals surface area contributed by atoms with Crippen LogP contribution in [0.2, 0.25) is 0 Å². The van der Waals surface area contributed by atoms with Gasteiger partial charge in [-0.1, -0.05) is 30.3 Å². The molecule has 0 aromatic heterocycles. The molecule has 0 aliphatic heterocycles. The van der Waals surface area contributed by atoms with Crippen molar-refractivity contribution >= 4 is 57.8 Å². The Labute approximate surface area is 253 Å². The molecule has 44 heavy (non-hydrogen) atoms. The molecule has 5 aromatic rings. The van der Waals surface area contributed by atoms with Crippen LogP contribution in [0.5, 0.6) is 0 Å². The third-order valence-electron chi connectivity index (χ3n) is 6.44. The molecule has 0 heterocycles. The van der Waals surface area contributed by atoms with E-state index in [9.17, 15) is 19.2 Å². The minimum atomic E-state index is -0.440. The Morgan fingerprint density at radius 2 is 0.636 bits per heavy atom. The number of benzene rings is 5. The molecule has 0 radical (unpaired) electrons. The van der Waals surface area contributed by atoms with Crippen LogP contribution in [-0.4, -0.2) is 23.6 Å². The van der Waals surface area contributed by atoms with Crippen molar-refractivity contribution in [3.8, 4) is 0 Å². The summed E-state index contributed by atoms with van der Waals surface area (Å²) in [7, 11) is 0. The van der Waals surface area contributed by atoms with Crippen LogP contribution in [0.1, 0.15) is 41.4 Å². The summed E-state index contributed by atoms with van der Waals surface area (Å²) >= 11 is 0. The van der Waals surface area contributed by atoms with Crippen LogP contribution < -0.4 is 32.7 Å². The van der Waals surface area contributed by atoms with E-state index in [1.165, 1.54) is 6.07 Å². The highest BCUT2D eigenvalue weighted by molar-refractivity contribution is 6.10. The summed E-state index contributed by atoms with van der Waals surface area (Å²) in [6.07, 6.45) is 0. The van der Waals surface area contributed by atoms with Crippen molar-refractivity contribution in [1.82, 2.24) is 0 Å². The van der Waals surface area contributed by atoms with E-state index in [0.29, 0.717) is 45.3 Å². The number of carbonyl (C=O) groups is 4. The molecule has 8 N–H and O–H groups in total. The maximum absolute atomic E-state index is 13.0. The first-order chi connectivity index (χ1) is 21.2. The fourth-order valence-corrected chi connectivity index (χ4v) is 4.32. The molecule has 0 unspecified atom stereocenters. The van der Waals surface area contributed by atoms with Gasteiger partial charge < -0.3 is 32.7 Å². The summed E-state index contributed by atoms with van der Waals surface area (Å²) in [5.74, 6) is -1.56. The van der Waals surface area contributed by atoms with Crippen molar-refractivity contribution in [3.05, 3.63) is 144 Å². The molecule has 0 saturated heterocycles. The van der Waals surface area contributed by atoms with Crippen molar-refractivity contribution in [2.24, 2.45) is 0 Å².